The molecule has 0 aliphatic carbocycles. The predicted octanol–water partition coefficient (Wildman–Crippen LogP) is 7.40. The summed E-state index contributed by atoms with van der Waals surface area (Å²) in [6, 6.07) is 25.1. The molecule has 154 valence electrons. The zero-order valence-electron chi connectivity index (χ0n) is 18.9. The van der Waals surface area contributed by atoms with Gasteiger partial charge in [-0.15, -0.1) is 0 Å². The Morgan fingerprint density at radius 3 is 2.41 bits per heavy atom. The van der Waals surface area contributed by atoms with E-state index in [0.29, 0.717) is 5.92 Å². The molecule has 0 aliphatic heterocycles. The van der Waals surface area contributed by atoms with Crippen LogP contribution in [0.1, 0.15) is 30.9 Å². The Labute approximate surface area is 186 Å². The fourth-order valence-corrected chi connectivity index (χ4v) is 5.82. The Morgan fingerprint density at radius 1 is 0.750 bits per heavy atom. The van der Waals surface area contributed by atoms with Crippen LogP contribution in [0.5, 0.6) is 0 Å². The molecule has 0 unspecified atom stereocenters. The van der Waals surface area contributed by atoms with Gasteiger partial charge in [-0.2, -0.15) is 0 Å². The van der Waals surface area contributed by atoms with Gasteiger partial charge in [-0.3, -0.25) is 0 Å². The number of para-hydroxylation sites is 1. The van der Waals surface area contributed by atoms with E-state index in [1.807, 2.05) is 0 Å². The zero-order valence-corrected chi connectivity index (χ0v) is 18.9. The van der Waals surface area contributed by atoms with E-state index >= 15 is 0 Å². The molecule has 0 atom stereocenters. The molecule has 0 aliphatic rings. The maximum Gasteiger partial charge on any atom is 0.224 e. The van der Waals surface area contributed by atoms with Gasteiger partial charge < -0.3 is 4.40 Å². The maximum atomic E-state index is 2.55. The summed E-state index contributed by atoms with van der Waals surface area (Å²) in [7, 11) is 2.18. The van der Waals surface area contributed by atoms with Crippen molar-refractivity contribution in [2.75, 3.05) is 0 Å². The van der Waals surface area contributed by atoms with Gasteiger partial charge in [0.05, 0.1) is 27.3 Å². The molecule has 3 heterocycles. The van der Waals surface area contributed by atoms with E-state index in [9.17, 15) is 0 Å². The van der Waals surface area contributed by atoms with Gasteiger partial charge in [-0.05, 0) is 52.9 Å². The third-order valence-electron chi connectivity index (χ3n) is 7.41. The second-order valence-corrected chi connectivity index (χ2v) is 9.61. The molecule has 0 fully saturated rings. The molecule has 0 radical (unpaired) electrons. The predicted molar refractivity (Wildman–Crippen MR) is 136 cm³/mol. The molecule has 0 amide bonds. The van der Waals surface area contributed by atoms with E-state index in [0.717, 1.165) is 0 Å². The van der Waals surface area contributed by atoms with Gasteiger partial charge in [0.1, 0.15) is 7.05 Å². The standard InChI is InChI=1S/C30H25N2/c1-17(2)19-10-11-20-15-21-13-14-31(4)30-26-18(3)9-12-23-22-7-5-6-8-25(22)32(28(23)26)29(27(21)30)24(20)16-19/h5-17H,1-4H3/q+1. The van der Waals surface area contributed by atoms with Crippen LogP contribution in [0.25, 0.3) is 59.8 Å². The van der Waals surface area contributed by atoms with Gasteiger partial charge in [0, 0.05) is 22.2 Å². The highest BCUT2D eigenvalue weighted by molar-refractivity contribution is 6.29. The van der Waals surface area contributed by atoms with Gasteiger partial charge in [-0.25, -0.2) is 4.57 Å². The first kappa shape index (κ1) is 18.0. The number of hydrogen-bond acceptors (Lipinski definition) is 0. The van der Waals surface area contributed by atoms with Gasteiger partial charge in [0.2, 0.25) is 5.52 Å². The number of rotatable bonds is 1. The number of aryl methyl sites for hydroxylation is 2. The summed E-state index contributed by atoms with van der Waals surface area (Å²) >= 11 is 0. The SMILES string of the molecule is Cc1ccc2c3ccccc3n3c2c1c1c2c(cc[n+]1C)cc1ccc(C(C)C)cc1c23. The number of nitrogens with zero attached hydrogens (tertiary/aromatic N) is 2. The first-order valence-corrected chi connectivity index (χ1v) is 11.5. The van der Waals surface area contributed by atoms with Crippen LogP contribution in [-0.4, -0.2) is 4.40 Å². The molecule has 0 saturated carbocycles. The summed E-state index contributed by atoms with van der Waals surface area (Å²) in [6.45, 7) is 6.81. The number of benzene rings is 4. The van der Waals surface area contributed by atoms with E-state index in [-0.39, 0.29) is 0 Å². The third kappa shape index (κ3) is 2.07. The van der Waals surface area contributed by atoms with Crippen LogP contribution in [0.4, 0.5) is 0 Å². The smallest absolute Gasteiger partial charge is 0.224 e. The molecule has 2 nitrogen and oxygen atoms in total. The first-order valence-electron chi connectivity index (χ1n) is 11.5. The van der Waals surface area contributed by atoms with Crippen molar-refractivity contribution in [1.29, 1.82) is 0 Å². The van der Waals surface area contributed by atoms with Crippen LogP contribution in [0.15, 0.2) is 72.9 Å². The number of pyridine rings is 2. The largest absolute Gasteiger partial charge is 0.307 e. The van der Waals surface area contributed by atoms with Crippen LogP contribution in [0.3, 0.4) is 0 Å². The highest BCUT2D eigenvalue weighted by Gasteiger charge is 2.25. The van der Waals surface area contributed by atoms with Crippen molar-refractivity contribution in [2.24, 2.45) is 7.05 Å². The van der Waals surface area contributed by atoms with Gasteiger partial charge in [-0.1, -0.05) is 56.3 Å². The van der Waals surface area contributed by atoms with E-state index < -0.39 is 0 Å². The summed E-state index contributed by atoms with van der Waals surface area (Å²) < 4.78 is 4.86. The number of fused-ring (bicyclic) bond motifs is 7. The maximum absolute atomic E-state index is 2.55. The molecule has 0 saturated heterocycles. The van der Waals surface area contributed by atoms with Crippen molar-refractivity contribution >= 4 is 59.8 Å². The Balaban J connectivity index is 1.96. The summed E-state index contributed by atoms with van der Waals surface area (Å²) in [4.78, 5) is 0. The fraction of sp³-hybridized carbons (Fsp3) is 0.167. The molecule has 2 heteroatoms. The minimum atomic E-state index is 0.494. The summed E-state index contributed by atoms with van der Waals surface area (Å²) in [5.41, 5.74) is 7.99. The number of aromatic nitrogens is 2. The van der Waals surface area contributed by atoms with E-state index in [4.69, 9.17) is 0 Å². The molecule has 7 rings (SSSR count). The summed E-state index contributed by atoms with van der Waals surface area (Å²) in [6.07, 6.45) is 2.21. The van der Waals surface area contributed by atoms with Crippen LogP contribution < -0.4 is 4.57 Å². The minimum absolute atomic E-state index is 0.494. The van der Waals surface area contributed by atoms with Crippen molar-refractivity contribution in [2.45, 2.75) is 26.7 Å². The summed E-state index contributed by atoms with van der Waals surface area (Å²) in [5, 5.41) is 9.32. The Kier molecular flexibility index (Phi) is 3.36. The Morgan fingerprint density at radius 2 is 1.56 bits per heavy atom. The lowest BCUT2D eigenvalue weighted by Gasteiger charge is -2.16. The average molecular weight is 414 g/mol. The van der Waals surface area contributed by atoms with Crippen molar-refractivity contribution in [1.82, 2.24) is 4.40 Å². The lowest BCUT2D eigenvalue weighted by Crippen LogP contribution is -2.28. The Hall–Kier alpha value is -3.65. The highest BCUT2D eigenvalue weighted by Crippen LogP contribution is 2.43. The molecule has 0 spiro atoms. The average Bonchev–Trinajstić information content (AvgIpc) is 3.13. The molecular weight excluding hydrogens is 388 g/mol. The molecule has 0 N–H and O–H groups in total. The van der Waals surface area contributed by atoms with Crippen molar-refractivity contribution < 1.29 is 4.57 Å². The van der Waals surface area contributed by atoms with Gasteiger partial charge >= 0.3 is 0 Å². The molecular formula is C30H25N2+. The lowest BCUT2D eigenvalue weighted by atomic mass is 9.94. The van der Waals surface area contributed by atoms with Crippen LogP contribution in [0, 0.1) is 6.92 Å². The van der Waals surface area contributed by atoms with E-state index in [2.05, 4.69) is 110 Å². The normalized spacial score (nSPS) is 12.7. The minimum Gasteiger partial charge on any atom is -0.307 e. The fourth-order valence-electron chi connectivity index (χ4n) is 5.82. The van der Waals surface area contributed by atoms with Crippen molar-refractivity contribution in [3.8, 4) is 0 Å². The first-order chi connectivity index (χ1) is 15.5. The lowest BCUT2D eigenvalue weighted by molar-refractivity contribution is -0.643. The van der Waals surface area contributed by atoms with Crippen molar-refractivity contribution in [3.63, 3.8) is 0 Å². The van der Waals surface area contributed by atoms with Crippen LogP contribution in [0.2, 0.25) is 0 Å². The molecule has 0 bridgehead atoms. The van der Waals surface area contributed by atoms with E-state index in [1.54, 1.807) is 0 Å². The topological polar surface area (TPSA) is 8.29 Å². The van der Waals surface area contributed by atoms with E-state index in [1.165, 1.54) is 70.9 Å². The molecule has 4 aromatic carbocycles. The number of hydrogen-bond donors (Lipinski definition) is 0. The highest BCUT2D eigenvalue weighted by atomic mass is 15.0. The monoisotopic (exact) mass is 413 g/mol. The van der Waals surface area contributed by atoms with Crippen LogP contribution in [-0.2, 0) is 7.05 Å². The molecule has 3 aromatic heterocycles. The second kappa shape index (κ2) is 5.98. The Bertz CT molecular complexity index is 1870. The second-order valence-electron chi connectivity index (χ2n) is 9.61. The molecule has 32 heavy (non-hydrogen) atoms. The zero-order chi connectivity index (χ0) is 21.7. The summed E-state index contributed by atoms with van der Waals surface area (Å²) in [5.74, 6) is 0.494. The third-order valence-corrected chi connectivity index (χ3v) is 7.41. The van der Waals surface area contributed by atoms with Crippen LogP contribution >= 0.6 is 0 Å². The quantitative estimate of drug-likeness (QED) is 0.151. The van der Waals surface area contributed by atoms with Crippen molar-refractivity contribution in [3.05, 3.63) is 84.1 Å². The molecule has 7 aromatic rings. The van der Waals surface area contributed by atoms with Gasteiger partial charge in [0.25, 0.3) is 0 Å². The van der Waals surface area contributed by atoms with Gasteiger partial charge in [0.15, 0.2) is 6.20 Å².